The first-order chi connectivity index (χ1) is 8.81. The number of nitrogens with one attached hydrogen (secondary N) is 1. The van der Waals surface area contributed by atoms with Crippen LogP contribution >= 0.6 is 0 Å². The summed E-state index contributed by atoms with van der Waals surface area (Å²) in [5, 5.41) is 12.6. The number of hydrogen-bond donors (Lipinski definition) is 2. The van der Waals surface area contributed by atoms with E-state index in [1.807, 2.05) is 30.5 Å². The van der Waals surface area contributed by atoms with Crippen molar-refractivity contribution < 1.29 is 5.11 Å². The van der Waals surface area contributed by atoms with Crippen molar-refractivity contribution >= 4 is 11.0 Å². The lowest BCUT2D eigenvalue weighted by Gasteiger charge is -2.12. The molecule has 0 atom stereocenters. The van der Waals surface area contributed by atoms with Gasteiger partial charge in [-0.05, 0) is 25.0 Å². The zero-order chi connectivity index (χ0) is 12.4. The second-order valence-corrected chi connectivity index (χ2v) is 5.11. The van der Waals surface area contributed by atoms with Crippen LogP contribution in [0.5, 0.6) is 0 Å². The first-order valence-electron chi connectivity index (χ1n) is 6.34. The average Bonchev–Trinajstić information content (AvgIpc) is 3.19. The van der Waals surface area contributed by atoms with Gasteiger partial charge in [-0.3, -0.25) is 4.98 Å². The van der Waals surface area contributed by atoms with Gasteiger partial charge in [0.2, 0.25) is 0 Å². The SMILES string of the molecule is OCC1(CNCc2cnc3ccccc3n2)CC1. The lowest BCUT2D eigenvalue weighted by Crippen LogP contribution is -2.26. The Balaban J connectivity index is 1.64. The van der Waals surface area contributed by atoms with Gasteiger partial charge in [-0.2, -0.15) is 0 Å². The maximum atomic E-state index is 9.23. The molecule has 2 aromatic rings. The van der Waals surface area contributed by atoms with E-state index in [-0.39, 0.29) is 12.0 Å². The summed E-state index contributed by atoms with van der Waals surface area (Å²) >= 11 is 0. The van der Waals surface area contributed by atoms with Crippen molar-refractivity contribution in [2.45, 2.75) is 19.4 Å². The Bertz CT molecular complexity index is 551. The average molecular weight is 243 g/mol. The highest BCUT2D eigenvalue weighted by Gasteiger charge is 2.41. The molecule has 3 rings (SSSR count). The number of hydrogen-bond acceptors (Lipinski definition) is 4. The maximum Gasteiger partial charge on any atom is 0.0890 e. The molecule has 0 aliphatic heterocycles. The summed E-state index contributed by atoms with van der Waals surface area (Å²) in [5.74, 6) is 0. The van der Waals surface area contributed by atoms with Crippen molar-refractivity contribution in [1.29, 1.82) is 0 Å². The summed E-state index contributed by atoms with van der Waals surface area (Å²) in [6.45, 7) is 1.85. The number of benzene rings is 1. The van der Waals surface area contributed by atoms with Crippen molar-refractivity contribution in [2.24, 2.45) is 5.41 Å². The van der Waals surface area contributed by atoms with Crippen LogP contribution in [0.4, 0.5) is 0 Å². The van der Waals surface area contributed by atoms with Gasteiger partial charge in [-0.1, -0.05) is 12.1 Å². The fourth-order valence-corrected chi connectivity index (χ4v) is 2.10. The Labute approximate surface area is 106 Å². The van der Waals surface area contributed by atoms with Gasteiger partial charge in [0, 0.05) is 25.1 Å². The van der Waals surface area contributed by atoms with Crippen LogP contribution < -0.4 is 5.32 Å². The van der Waals surface area contributed by atoms with Gasteiger partial charge in [0.25, 0.3) is 0 Å². The summed E-state index contributed by atoms with van der Waals surface area (Å²) in [7, 11) is 0. The summed E-state index contributed by atoms with van der Waals surface area (Å²) in [4.78, 5) is 8.93. The molecule has 1 fully saturated rings. The summed E-state index contributed by atoms with van der Waals surface area (Å²) in [5.41, 5.74) is 2.95. The monoisotopic (exact) mass is 243 g/mol. The topological polar surface area (TPSA) is 58.0 Å². The number of nitrogens with zero attached hydrogens (tertiary/aromatic N) is 2. The van der Waals surface area contributed by atoms with Gasteiger partial charge >= 0.3 is 0 Å². The van der Waals surface area contributed by atoms with E-state index in [2.05, 4.69) is 15.3 Å². The number of aliphatic hydroxyl groups excluding tert-OH is 1. The second kappa shape index (κ2) is 4.63. The predicted molar refractivity (Wildman–Crippen MR) is 70.0 cm³/mol. The van der Waals surface area contributed by atoms with Crippen molar-refractivity contribution in [2.75, 3.05) is 13.2 Å². The number of para-hydroxylation sites is 2. The lowest BCUT2D eigenvalue weighted by molar-refractivity contribution is 0.207. The van der Waals surface area contributed by atoms with Gasteiger partial charge in [-0.15, -0.1) is 0 Å². The molecule has 0 unspecified atom stereocenters. The van der Waals surface area contributed by atoms with Crippen LogP contribution in [-0.2, 0) is 6.54 Å². The molecule has 94 valence electrons. The van der Waals surface area contributed by atoms with Crippen LogP contribution in [0.3, 0.4) is 0 Å². The van der Waals surface area contributed by atoms with Crippen LogP contribution in [0.25, 0.3) is 11.0 Å². The highest BCUT2D eigenvalue weighted by molar-refractivity contribution is 5.73. The smallest absolute Gasteiger partial charge is 0.0890 e. The molecule has 1 heterocycles. The number of rotatable bonds is 5. The largest absolute Gasteiger partial charge is 0.396 e. The van der Waals surface area contributed by atoms with E-state index in [9.17, 15) is 5.11 Å². The Kier molecular flexibility index (Phi) is 2.97. The number of aromatic nitrogens is 2. The molecule has 0 saturated heterocycles. The van der Waals surface area contributed by atoms with Crippen LogP contribution in [-0.4, -0.2) is 28.2 Å². The number of fused-ring (bicyclic) bond motifs is 1. The minimum absolute atomic E-state index is 0.143. The van der Waals surface area contributed by atoms with E-state index >= 15 is 0 Å². The molecule has 0 amide bonds. The second-order valence-electron chi connectivity index (χ2n) is 5.11. The van der Waals surface area contributed by atoms with Crippen molar-refractivity contribution in [3.05, 3.63) is 36.2 Å². The highest BCUT2D eigenvalue weighted by Crippen LogP contribution is 2.44. The van der Waals surface area contributed by atoms with Gasteiger partial charge in [0.05, 0.1) is 22.9 Å². The number of aliphatic hydroxyl groups is 1. The van der Waals surface area contributed by atoms with Crippen molar-refractivity contribution in [3.8, 4) is 0 Å². The van der Waals surface area contributed by atoms with Crippen molar-refractivity contribution in [1.82, 2.24) is 15.3 Å². The third-order valence-electron chi connectivity index (χ3n) is 3.60. The summed E-state index contributed by atoms with van der Waals surface area (Å²) in [6, 6.07) is 7.87. The quantitative estimate of drug-likeness (QED) is 0.835. The molecule has 4 heteroatoms. The third-order valence-corrected chi connectivity index (χ3v) is 3.60. The summed E-state index contributed by atoms with van der Waals surface area (Å²) < 4.78 is 0. The molecule has 2 N–H and O–H groups in total. The minimum Gasteiger partial charge on any atom is -0.396 e. The first-order valence-corrected chi connectivity index (χ1v) is 6.34. The zero-order valence-electron chi connectivity index (χ0n) is 10.3. The van der Waals surface area contributed by atoms with E-state index in [1.165, 1.54) is 0 Å². The van der Waals surface area contributed by atoms with Gasteiger partial charge in [-0.25, -0.2) is 4.98 Å². The van der Waals surface area contributed by atoms with Gasteiger partial charge in [0.1, 0.15) is 0 Å². The van der Waals surface area contributed by atoms with E-state index in [0.717, 1.165) is 36.1 Å². The van der Waals surface area contributed by atoms with E-state index in [4.69, 9.17) is 0 Å². The molecular weight excluding hydrogens is 226 g/mol. The standard InChI is InChI=1S/C14H17N3O/c18-10-14(5-6-14)9-15-7-11-8-16-12-3-1-2-4-13(12)17-11/h1-4,8,15,18H,5-7,9-10H2. The molecule has 0 spiro atoms. The molecule has 1 aliphatic rings. The molecule has 1 aromatic heterocycles. The Morgan fingerprint density at radius 1 is 1.22 bits per heavy atom. The molecule has 1 aromatic carbocycles. The Morgan fingerprint density at radius 3 is 2.72 bits per heavy atom. The molecule has 4 nitrogen and oxygen atoms in total. The zero-order valence-corrected chi connectivity index (χ0v) is 10.3. The normalized spacial score (nSPS) is 16.9. The Morgan fingerprint density at radius 2 is 2.00 bits per heavy atom. The highest BCUT2D eigenvalue weighted by atomic mass is 16.3. The van der Waals surface area contributed by atoms with Crippen LogP contribution in [0, 0.1) is 5.41 Å². The molecule has 1 aliphatic carbocycles. The molecule has 1 saturated carbocycles. The van der Waals surface area contributed by atoms with E-state index in [0.29, 0.717) is 6.54 Å². The molecule has 18 heavy (non-hydrogen) atoms. The van der Waals surface area contributed by atoms with Crippen LogP contribution in [0.1, 0.15) is 18.5 Å². The van der Waals surface area contributed by atoms with Crippen LogP contribution in [0.2, 0.25) is 0 Å². The fraction of sp³-hybridized carbons (Fsp3) is 0.429. The Hall–Kier alpha value is -1.52. The fourth-order valence-electron chi connectivity index (χ4n) is 2.10. The lowest BCUT2D eigenvalue weighted by atomic mass is 10.1. The first kappa shape index (κ1) is 11.6. The van der Waals surface area contributed by atoms with E-state index in [1.54, 1.807) is 0 Å². The van der Waals surface area contributed by atoms with Gasteiger partial charge < -0.3 is 10.4 Å². The van der Waals surface area contributed by atoms with E-state index < -0.39 is 0 Å². The maximum absolute atomic E-state index is 9.23. The molecule has 0 bridgehead atoms. The third kappa shape index (κ3) is 2.35. The molecular formula is C14H17N3O. The van der Waals surface area contributed by atoms with Crippen LogP contribution in [0.15, 0.2) is 30.5 Å². The van der Waals surface area contributed by atoms with Crippen molar-refractivity contribution in [3.63, 3.8) is 0 Å². The van der Waals surface area contributed by atoms with Gasteiger partial charge in [0.15, 0.2) is 0 Å². The minimum atomic E-state index is 0.143. The predicted octanol–water partition coefficient (Wildman–Crippen LogP) is 1.49. The summed E-state index contributed by atoms with van der Waals surface area (Å²) in [6.07, 6.45) is 4.06. The molecule has 0 radical (unpaired) electrons.